The largest absolute Gasteiger partial charge is 0.415 e. The van der Waals surface area contributed by atoms with Gasteiger partial charge >= 0.3 is 6.18 Å². The Morgan fingerprint density at radius 3 is 2.88 bits per heavy atom. The first kappa shape index (κ1) is 12.6. The summed E-state index contributed by atoms with van der Waals surface area (Å²) in [6.07, 6.45) is -5.52. The number of carbonyl (C=O) groups is 1. The average Bonchev–Trinajstić information content (AvgIpc) is 2.60. The highest BCUT2D eigenvalue weighted by Gasteiger charge is 2.45. The lowest BCUT2D eigenvalue weighted by Gasteiger charge is -2.37. The van der Waals surface area contributed by atoms with Crippen molar-refractivity contribution in [3.05, 3.63) is 0 Å². The zero-order valence-electron chi connectivity index (χ0n) is 9.20. The van der Waals surface area contributed by atoms with Crippen molar-refractivity contribution in [3.8, 4) is 0 Å². The molecule has 3 atom stereocenters. The fourth-order valence-electron chi connectivity index (χ4n) is 2.59. The number of β-amino-alcohol motifs (C(OH)–C–C–N with tert-alkyl or cyclic N) is 1. The van der Waals surface area contributed by atoms with Gasteiger partial charge in [0, 0.05) is 19.1 Å². The second-order valence-electron chi connectivity index (χ2n) is 4.61. The highest BCUT2D eigenvalue weighted by atomic mass is 19.4. The molecule has 17 heavy (non-hydrogen) atoms. The fraction of sp³-hybridized carbons (Fsp3) is 0.900. The molecule has 7 heteroatoms. The van der Waals surface area contributed by atoms with Crippen LogP contribution in [0.2, 0.25) is 0 Å². The zero-order chi connectivity index (χ0) is 12.6. The second kappa shape index (κ2) is 4.45. The van der Waals surface area contributed by atoms with Gasteiger partial charge in [0.05, 0.1) is 5.92 Å². The van der Waals surface area contributed by atoms with E-state index in [0.717, 1.165) is 6.42 Å². The van der Waals surface area contributed by atoms with Crippen LogP contribution in [0.5, 0.6) is 0 Å². The predicted molar refractivity (Wildman–Crippen MR) is 53.2 cm³/mol. The normalized spacial score (nSPS) is 32.1. The predicted octanol–water partition coefficient (Wildman–Crippen LogP) is 0.120. The Morgan fingerprint density at radius 1 is 1.53 bits per heavy atom. The maximum atomic E-state index is 12.3. The third-order valence-electron chi connectivity index (χ3n) is 3.50. The van der Waals surface area contributed by atoms with Crippen LogP contribution in [0.1, 0.15) is 12.8 Å². The van der Waals surface area contributed by atoms with Crippen molar-refractivity contribution in [2.45, 2.75) is 31.2 Å². The van der Waals surface area contributed by atoms with Gasteiger partial charge in [0.25, 0.3) is 0 Å². The Balaban J connectivity index is 1.99. The van der Waals surface area contributed by atoms with Gasteiger partial charge < -0.3 is 10.4 Å². The van der Waals surface area contributed by atoms with E-state index in [0.29, 0.717) is 19.5 Å². The highest BCUT2D eigenvalue weighted by Crippen LogP contribution is 2.29. The minimum atomic E-state index is -4.59. The summed E-state index contributed by atoms with van der Waals surface area (Å²) in [5.74, 6) is -0.301. The number of nitrogens with zero attached hydrogens (tertiary/aromatic N) is 1. The van der Waals surface area contributed by atoms with Crippen molar-refractivity contribution in [3.63, 3.8) is 0 Å². The summed E-state index contributed by atoms with van der Waals surface area (Å²) < 4.78 is 36.8. The maximum Gasteiger partial charge on any atom is 0.415 e. The molecule has 0 aromatic rings. The van der Waals surface area contributed by atoms with Crippen LogP contribution in [-0.2, 0) is 4.79 Å². The number of hydrogen-bond donors (Lipinski definition) is 2. The van der Waals surface area contributed by atoms with E-state index in [1.807, 2.05) is 0 Å². The van der Waals surface area contributed by atoms with E-state index in [9.17, 15) is 18.0 Å². The number of likely N-dealkylation sites (tertiary alicyclic amines) is 1. The fourth-order valence-corrected chi connectivity index (χ4v) is 2.59. The molecule has 0 aromatic heterocycles. The standard InChI is InChI=1S/C10H15F3N2O2/c11-10(12,13)8(16)5-15-3-1-2-6-7(15)4-14-9(6)17/h6-8,16H,1-5H2,(H,14,17)/t6-,7-,8?/m1/s1. The van der Waals surface area contributed by atoms with Crippen LogP contribution < -0.4 is 5.32 Å². The summed E-state index contributed by atoms with van der Waals surface area (Å²) in [4.78, 5) is 13.0. The number of piperidine rings is 1. The smallest absolute Gasteiger partial charge is 0.382 e. The summed E-state index contributed by atoms with van der Waals surface area (Å²) in [7, 11) is 0. The third kappa shape index (κ3) is 2.55. The Labute approximate surface area is 96.8 Å². The number of rotatable bonds is 2. The van der Waals surface area contributed by atoms with Crippen molar-refractivity contribution in [1.82, 2.24) is 10.2 Å². The molecule has 1 amide bonds. The first-order valence-electron chi connectivity index (χ1n) is 5.66. The van der Waals surface area contributed by atoms with E-state index in [4.69, 9.17) is 5.11 Å². The van der Waals surface area contributed by atoms with Crippen LogP contribution >= 0.6 is 0 Å². The molecule has 2 fully saturated rings. The molecule has 2 heterocycles. The SMILES string of the molecule is O=C1NC[C@@H]2[C@H]1CCCN2CC(O)C(F)(F)F. The molecule has 2 rings (SSSR count). The van der Waals surface area contributed by atoms with E-state index in [2.05, 4.69) is 5.32 Å². The van der Waals surface area contributed by atoms with Crippen LogP contribution in [0.15, 0.2) is 0 Å². The summed E-state index contributed by atoms with van der Waals surface area (Å²) in [5.41, 5.74) is 0. The van der Waals surface area contributed by atoms with E-state index >= 15 is 0 Å². The van der Waals surface area contributed by atoms with Gasteiger partial charge in [0.15, 0.2) is 6.10 Å². The molecule has 4 nitrogen and oxygen atoms in total. The summed E-state index contributed by atoms with van der Waals surface area (Å²) in [6.45, 7) is 0.441. The maximum absolute atomic E-state index is 12.3. The summed E-state index contributed by atoms with van der Waals surface area (Å²) in [6, 6.07) is -0.201. The number of halogens is 3. The quantitative estimate of drug-likeness (QED) is 0.734. The highest BCUT2D eigenvalue weighted by molar-refractivity contribution is 5.82. The van der Waals surface area contributed by atoms with Crippen LogP contribution in [0.3, 0.4) is 0 Å². The van der Waals surface area contributed by atoms with Crippen molar-refractivity contribution < 1.29 is 23.1 Å². The van der Waals surface area contributed by atoms with Crippen LogP contribution in [0, 0.1) is 5.92 Å². The second-order valence-corrected chi connectivity index (χ2v) is 4.61. The Bertz CT molecular complexity index is 308. The molecule has 0 aromatic carbocycles. The van der Waals surface area contributed by atoms with Gasteiger partial charge in [-0.3, -0.25) is 9.69 Å². The molecule has 2 saturated heterocycles. The Morgan fingerprint density at radius 2 is 2.24 bits per heavy atom. The molecular weight excluding hydrogens is 237 g/mol. The summed E-state index contributed by atoms with van der Waals surface area (Å²) in [5, 5.41) is 11.7. The molecule has 0 saturated carbocycles. The van der Waals surface area contributed by atoms with E-state index in [1.165, 1.54) is 0 Å². The molecule has 2 aliphatic heterocycles. The topological polar surface area (TPSA) is 52.6 Å². The van der Waals surface area contributed by atoms with Gasteiger partial charge in [-0.15, -0.1) is 0 Å². The molecule has 0 bridgehead atoms. The third-order valence-corrected chi connectivity index (χ3v) is 3.50. The molecule has 2 aliphatic rings. The number of aliphatic hydroxyl groups excluding tert-OH is 1. The van der Waals surface area contributed by atoms with Gasteiger partial charge in [0.2, 0.25) is 5.91 Å². The minimum absolute atomic E-state index is 0.0822. The number of hydrogen-bond acceptors (Lipinski definition) is 3. The van der Waals surface area contributed by atoms with Gasteiger partial charge in [0.1, 0.15) is 0 Å². The number of carbonyl (C=O) groups excluding carboxylic acids is 1. The number of alkyl halides is 3. The number of amides is 1. The van der Waals surface area contributed by atoms with Crippen molar-refractivity contribution in [2.75, 3.05) is 19.6 Å². The number of fused-ring (bicyclic) bond motifs is 1. The average molecular weight is 252 g/mol. The molecule has 0 aliphatic carbocycles. The zero-order valence-corrected chi connectivity index (χ0v) is 9.20. The van der Waals surface area contributed by atoms with Gasteiger partial charge in [-0.2, -0.15) is 13.2 Å². The molecule has 0 radical (unpaired) electrons. The van der Waals surface area contributed by atoms with Crippen LogP contribution in [0.25, 0.3) is 0 Å². The molecular formula is C10H15F3N2O2. The first-order valence-corrected chi connectivity index (χ1v) is 5.66. The van der Waals surface area contributed by atoms with Crippen molar-refractivity contribution in [1.29, 1.82) is 0 Å². The van der Waals surface area contributed by atoms with E-state index < -0.39 is 18.8 Å². The van der Waals surface area contributed by atoms with Gasteiger partial charge in [-0.25, -0.2) is 0 Å². The Hall–Kier alpha value is -0.820. The lowest BCUT2D eigenvalue weighted by atomic mass is 9.91. The summed E-state index contributed by atoms with van der Waals surface area (Å²) >= 11 is 0. The monoisotopic (exact) mass is 252 g/mol. The van der Waals surface area contributed by atoms with E-state index in [1.54, 1.807) is 4.90 Å². The Kier molecular flexibility index (Phi) is 3.31. The molecule has 2 N–H and O–H groups in total. The molecule has 98 valence electrons. The van der Waals surface area contributed by atoms with Gasteiger partial charge in [-0.1, -0.05) is 0 Å². The molecule has 1 unspecified atom stereocenters. The van der Waals surface area contributed by atoms with Crippen molar-refractivity contribution >= 4 is 5.91 Å². The van der Waals surface area contributed by atoms with E-state index in [-0.39, 0.29) is 17.9 Å². The number of nitrogens with one attached hydrogen (secondary N) is 1. The minimum Gasteiger partial charge on any atom is -0.382 e. The van der Waals surface area contributed by atoms with Crippen molar-refractivity contribution in [2.24, 2.45) is 5.92 Å². The molecule has 0 spiro atoms. The first-order chi connectivity index (χ1) is 7.89. The lowest BCUT2D eigenvalue weighted by molar-refractivity contribution is -0.210. The number of aliphatic hydroxyl groups is 1. The van der Waals surface area contributed by atoms with Crippen LogP contribution in [-0.4, -0.2) is 53.9 Å². The lowest BCUT2D eigenvalue weighted by Crippen LogP contribution is -2.51. The van der Waals surface area contributed by atoms with Gasteiger partial charge in [-0.05, 0) is 19.4 Å². The van der Waals surface area contributed by atoms with Crippen LogP contribution in [0.4, 0.5) is 13.2 Å².